The van der Waals surface area contributed by atoms with Crippen LogP contribution in [0.4, 0.5) is 11.4 Å². The number of fused-ring (bicyclic) bond motifs is 1. The second kappa shape index (κ2) is 13.3. The molecular formula is C31H32N4O4S. The van der Waals surface area contributed by atoms with Crippen molar-refractivity contribution in [1.82, 2.24) is 9.88 Å². The summed E-state index contributed by atoms with van der Waals surface area (Å²) in [5, 5.41) is 14.0. The first kappa shape index (κ1) is 27.4. The molecular weight excluding hydrogens is 524 g/mol. The maximum absolute atomic E-state index is 9.82. The maximum atomic E-state index is 9.82. The van der Waals surface area contributed by atoms with Crippen molar-refractivity contribution in [2.24, 2.45) is 0 Å². The molecule has 206 valence electrons. The SMILES string of the molecule is COc1cc2c(Nc3ccc(Oc4ccccc4OC)cc3)c(C#N)cnc2cc1OCCCN1CCSCC1. The number of anilines is 2. The van der Waals surface area contributed by atoms with E-state index in [-0.39, 0.29) is 0 Å². The minimum Gasteiger partial charge on any atom is -0.493 e. The lowest BCUT2D eigenvalue weighted by atomic mass is 10.1. The monoisotopic (exact) mass is 556 g/mol. The minimum atomic E-state index is 0.428. The molecule has 1 saturated heterocycles. The fourth-order valence-electron chi connectivity index (χ4n) is 4.57. The zero-order chi connectivity index (χ0) is 27.7. The standard InChI is InChI=1S/C31H32N4O4S/c1-36-27-6-3-4-7-28(27)39-24-10-8-23(9-11-24)34-31-22(20-32)21-33-26-19-30(29(37-2)18-25(26)31)38-15-5-12-35-13-16-40-17-14-35/h3-4,6-11,18-19,21H,5,12-17H2,1-2H3,(H,33,34). The number of methoxy groups -OCH3 is 2. The molecule has 0 radical (unpaired) electrons. The highest BCUT2D eigenvalue weighted by Crippen LogP contribution is 2.38. The van der Waals surface area contributed by atoms with Gasteiger partial charge >= 0.3 is 0 Å². The van der Waals surface area contributed by atoms with Gasteiger partial charge in [0.2, 0.25) is 0 Å². The Labute approximate surface area is 238 Å². The molecule has 0 saturated carbocycles. The molecule has 4 aromatic rings. The molecule has 0 spiro atoms. The summed E-state index contributed by atoms with van der Waals surface area (Å²) in [6.07, 6.45) is 2.52. The molecule has 1 aliphatic heterocycles. The topological polar surface area (TPSA) is 88.9 Å². The molecule has 40 heavy (non-hydrogen) atoms. The van der Waals surface area contributed by atoms with E-state index in [1.165, 1.54) is 11.5 Å². The molecule has 0 unspecified atom stereocenters. The van der Waals surface area contributed by atoms with Gasteiger partial charge < -0.3 is 29.2 Å². The van der Waals surface area contributed by atoms with Crippen LogP contribution >= 0.6 is 11.8 Å². The first-order valence-corrected chi connectivity index (χ1v) is 14.4. The number of thioether (sulfide) groups is 1. The number of benzene rings is 3. The zero-order valence-electron chi connectivity index (χ0n) is 22.7. The lowest BCUT2D eigenvalue weighted by molar-refractivity contribution is 0.242. The van der Waals surface area contributed by atoms with Crippen LogP contribution in [0.25, 0.3) is 10.9 Å². The number of nitrogens with zero attached hydrogens (tertiary/aromatic N) is 3. The van der Waals surface area contributed by atoms with Crippen LogP contribution in [0.5, 0.6) is 28.7 Å². The van der Waals surface area contributed by atoms with Gasteiger partial charge in [-0.25, -0.2) is 0 Å². The zero-order valence-corrected chi connectivity index (χ0v) is 23.5. The number of rotatable bonds is 11. The Bertz CT molecular complexity index is 1480. The number of nitriles is 1. The number of aromatic nitrogens is 1. The van der Waals surface area contributed by atoms with Gasteiger partial charge in [-0.1, -0.05) is 12.1 Å². The van der Waals surface area contributed by atoms with Crippen molar-refractivity contribution in [1.29, 1.82) is 5.26 Å². The molecule has 3 aromatic carbocycles. The lowest BCUT2D eigenvalue weighted by Gasteiger charge is -2.26. The Balaban J connectivity index is 1.32. The van der Waals surface area contributed by atoms with Crippen molar-refractivity contribution in [2.75, 3.05) is 57.3 Å². The van der Waals surface area contributed by atoms with E-state index in [0.717, 1.165) is 37.1 Å². The van der Waals surface area contributed by atoms with Gasteiger partial charge in [-0.3, -0.25) is 4.98 Å². The predicted molar refractivity (Wildman–Crippen MR) is 160 cm³/mol. The van der Waals surface area contributed by atoms with Gasteiger partial charge in [0.25, 0.3) is 0 Å². The summed E-state index contributed by atoms with van der Waals surface area (Å²) in [4.78, 5) is 7.01. The van der Waals surface area contributed by atoms with Gasteiger partial charge in [-0.15, -0.1) is 0 Å². The smallest absolute Gasteiger partial charge is 0.169 e. The van der Waals surface area contributed by atoms with Gasteiger partial charge in [0.1, 0.15) is 11.8 Å². The molecule has 9 heteroatoms. The first-order chi connectivity index (χ1) is 19.7. The van der Waals surface area contributed by atoms with Crippen molar-refractivity contribution in [3.63, 3.8) is 0 Å². The molecule has 0 bridgehead atoms. The first-order valence-electron chi connectivity index (χ1n) is 13.2. The van der Waals surface area contributed by atoms with E-state index in [1.807, 2.05) is 72.4 Å². The summed E-state index contributed by atoms with van der Waals surface area (Å²) >= 11 is 2.02. The van der Waals surface area contributed by atoms with Crippen molar-refractivity contribution in [3.8, 4) is 34.8 Å². The van der Waals surface area contributed by atoms with Crippen molar-refractivity contribution in [3.05, 3.63) is 72.4 Å². The van der Waals surface area contributed by atoms with E-state index >= 15 is 0 Å². The van der Waals surface area contributed by atoms with Gasteiger partial charge in [-0.05, 0) is 48.9 Å². The van der Waals surface area contributed by atoms with E-state index in [0.29, 0.717) is 52.1 Å². The Morgan fingerprint density at radius 3 is 2.42 bits per heavy atom. The number of pyridine rings is 1. The lowest BCUT2D eigenvalue weighted by Crippen LogP contribution is -2.33. The molecule has 8 nitrogen and oxygen atoms in total. The van der Waals surface area contributed by atoms with Gasteiger partial charge in [0.15, 0.2) is 23.0 Å². The van der Waals surface area contributed by atoms with E-state index < -0.39 is 0 Å². The summed E-state index contributed by atoms with van der Waals surface area (Å²) in [6, 6.07) is 21.0. The number of ether oxygens (including phenoxy) is 4. The van der Waals surface area contributed by atoms with Gasteiger partial charge in [0.05, 0.1) is 37.6 Å². The predicted octanol–water partition coefficient (Wildman–Crippen LogP) is 6.48. The Morgan fingerprint density at radius 1 is 0.950 bits per heavy atom. The molecule has 5 rings (SSSR count). The Morgan fingerprint density at radius 2 is 1.70 bits per heavy atom. The summed E-state index contributed by atoms with van der Waals surface area (Å²) in [5.74, 6) is 5.60. The van der Waals surface area contributed by atoms with Crippen LogP contribution in [0.2, 0.25) is 0 Å². The van der Waals surface area contributed by atoms with Crippen LogP contribution < -0.4 is 24.3 Å². The third-order valence-corrected chi connectivity index (χ3v) is 7.62. The van der Waals surface area contributed by atoms with Crippen LogP contribution in [-0.4, -0.2) is 61.9 Å². The van der Waals surface area contributed by atoms with E-state index in [2.05, 4.69) is 21.3 Å². The highest BCUT2D eigenvalue weighted by molar-refractivity contribution is 7.99. The van der Waals surface area contributed by atoms with Crippen molar-refractivity contribution < 1.29 is 18.9 Å². The Kier molecular flexibility index (Phi) is 9.11. The molecule has 0 amide bonds. The van der Waals surface area contributed by atoms with E-state index in [4.69, 9.17) is 18.9 Å². The average Bonchev–Trinajstić information content (AvgIpc) is 3.00. The van der Waals surface area contributed by atoms with Crippen LogP contribution in [0, 0.1) is 11.3 Å². The number of hydrogen-bond acceptors (Lipinski definition) is 9. The molecule has 0 aliphatic carbocycles. The second-order valence-corrected chi connectivity index (χ2v) is 10.5. The highest BCUT2D eigenvalue weighted by atomic mass is 32.2. The largest absolute Gasteiger partial charge is 0.493 e. The van der Waals surface area contributed by atoms with Crippen LogP contribution in [0.1, 0.15) is 12.0 Å². The Hall–Kier alpha value is -4.13. The molecule has 1 aliphatic rings. The van der Waals surface area contributed by atoms with Gasteiger partial charge in [0, 0.05) is 54.5 Å². The normalized spacial score (nSPS) is 13.4. The third-order valence-electron chi connectivity index (χ3n) is 6.67. The molecule has 1 N–H and O–H groups in total. The second-order valence-electron chi connectivity index (χ2n) is 9.24. The highest BCUT2D eigenvalue weighted by Gasteiger charge is 2.16. The van der Waals surface area contributed by atoms with E-state index in [1.54, 1.807) is 20.4 Å². The average molecular weight is 557 g/mol. The van der Waals surface area contributed by atoms with Crippen molar-refractivity contribution >= 4 is 34.0 Å². The molecule has 1 aromatic heterocycles. The fraction of sp³-hybridized carbons (Fsp3) is 0.290. The summed E-state index contributed by atoms with van der Waals surface area (Å²) < 4.78 is 23.1. The van der Waals surface area contributed by atoms with Crippen molar-refractivity contribution in [2.45, 2.75) is 6.42 Å². The maximum Gasteiger partial charge on any atom is 0.169 e. The quantitative estimate of drug-likeness (QED) is 0.209. The molecule has 1 fully saturated rings. The minimum absolute atomic E-state index is 0.428. The summed E-state index contributed by atoms with van der Waals surface area (Å²) in [6.45, 7) is 3.90. The number of para-hydroxylation sites is 2. The number of nitrogens with one attached hydrogen (secondary N) is 1. The fourth-order valence-corrected chi connectivity index (χ4v) is 5.55. The van der Waals surface area contributed by atoms with Crippen LogP contribution in [0.15, 0.2) is 66.9 Å². The van der Waals surface area contributed by atoms with Crippen LogP contribution in [0.3, 0.4) is 0 Å². The molecule has 0 atom stereocenters. The van der Waals surface area contributed by atoms with E-state index in [9.17, 15) is 5.26 Å². The summed E-state index contributed by atoms with van der Waals surface area (Å²) in [5.41, 5.74) is 2.59. The third kappa shape index (κ3) is 6.53. The van der Waals surface area contributed by atoms with Gasteiger partial charge in [-0.2, -0.15) is 17.0 Å². The molecule has 2 heterocycles. The summed E-state index contributed by atoms with van der Waals surface area (Å²) in [7, 11) is 3.23. The van der Waals surface area contributed by atoms with Crippen LogP contribution in [-0.2, 0) is 0 Å². The number of hydrogen-bond donors (Lipinski definition) is 1.